The molecule has 0 bridgehead atoms. The number of nitrogens with zero attached hydrogens (tertiary/aromatic N) is 3. The first kappa shape index (κ1) is 18.3. The summed E-state index contributed by atoms with van der Waals surface area (Å²) in [5.41, 5.74) is 1.23. The molecule has 2 heterocycles. The van der Waals surface area contributed by atoms with E-state index < -0.39 is 17.2 Å². The Hall–Kier alpha value is -3.49. The van der Waals surface area contributed by atoms with E-state index in [2.05, 4.69) is 15.4 Å². The molecule has 0 atom stereocenters. The fourth-order valence-electron chi connectivity index (χ4n) is 2.65. The number of aromatic amines is 1. The Labute approximate surface area is 153 Å². The van der Waals surface area contributed by atoms with Crippen LogP contribution in [0.25, 0.3) is 0 Å². The van der Waals surface area contributed by atoms with Crippen LogP contribution in [0.15, 0.2) is 39.9 Å². The molecular weight excluding hydrogens is 353 g/mol. The maximum Gasteiger partial charge on any atom is 0.328 e. The van der Waals surface area contributed by atoms with E-state index in [1.54, 1.807) is 30.7 Å². The largest absolute Gasteiger partial charge is 0.328 e. The average Bonchev–Trinajstić information content (AvgIpc) is 2.88. The SMILES string of the molecule is Cc1nn(Cc2ccc(F)cc2)c(C)c1NC(=O)c1cc(=O)n(C)c(=O)[nH]1. The summed E-state index contributed by atoms with van der Waals surface area (Å²) in [5, 5.41) is 7.08. The van der Waals surface area contributed by atoms with Crippen LogP contribution in [-0.4, -0.2) is 25.2 Å². The molecule has 0 saturated carbocycles. The van der Waals surface area contributed by atoms with Crippen LogP contribution < -0.4 is 16.6 Å². The van der Waals surface area contributed by atoms with Crippen molar-refractivity contribution in [3.63, 3.8) is 0 Å². The van der Waals surface area contributed by atoms with E-state index in [4.69, 9.17) is 0 Å². The molecule has 0 unspecified atom stereocenters. The topological polar surface area (TPSA) is 102 Å². The molecule has 2 N–H and O–H groups in total. The van der Waals surface area contributed by atoms with E-state index >= 15 is 0 Å². The predicted octanol–water partition coefficient (Wildman–Crippen LogP) is 1.33. The van der Waals surface area contributed by atoms with Crippen molar-refractivity contribution in [3.8, 4) is 0 Å². The third-order valence-electron chi connectivity index (χ3n) is 4.25. The maximum atomic E-state index is 13.0. The molecule has 0 aliphatic carbocycles. The van der Waals surface area contributed by atoms with E-state index in [1.807, 2.05) is 0 Å². The van der Waals surface area contributed by atoms with Crippen molar-refractivity contribution in [2.45, 2.75) is 20.4 Å². The first-order chi connectivity index (χ1) is 12.8. The molecule has 2 aromatic heterocycles. The molecule has 3 aromatic rings. The molecule has 3 rings (SSSR count). The first-order valence-corrected chi connectivity index (χ1v) is 8.16. The number of hydrogen-bond donors (Lipinski definition) is 2. The van der Waals surface area contributed by atoms with E-state index in [-0.39, 0.29) is 11.5 Å². The van der Waals surface area contributed by atoms with Crippen molar-refractivity contribution in [2.75, 3.05) is 5.32 Å². The summed E-state index contributed by atoms with van der Waals surface area (Å²) < 4.78 is 15.6. The van der Waals surface area contributed by atoms with Crippen molar-refractivity contribution in [2.24, 2.45) is 7.05 Å². The average molecular weight is 371 g/mol. The minimum absolute atomic E-state index is 0.131. The molecule has 27 heavy (non-hydrogen) atoms. The minimum Gasteiger partial charge on any atom is -0.318 e. The Bertz CT molecular complexity index is 1090. The van der Waals surface area contributed by atoms with Crippen molar-refractivity contribution in [3.05, 3.63) is 79.6 Å². The molecule has 1 aromatic carbocycles. The van der Waals surface area contributed by atoms with Crippen molar-refractivity contribution in [1.82, 2.24) is 19.3 Å². The number of carbonyl (C=O) groups is 1. The number of aromatic nitrogens is 4. The van der Waals surface area contributed by atoms with Crippen LogP contribution in [0, 0.1) is 19.7 Å². The van der Waals surface area contributed by atoms with Gasteiger partial charge in [0.2, 0.25) is 0 Å². The molecular formula is C18H18FN5O3. The lowest BCUT2D eigenvalue weighted by Crippen LogP contribution is -2.34. The van der Waals surface area contributed by atoms with Crippen LogP contribution in [0.1, 0.15) is 27.4 Å². The summed E-state index contributed by atoms with van der Waals surface area (Å²) in [4.78, 5) is 38.2. The highest BCUT2D eigenvalue weighted by Crippen LogP contribution is 2.21. The summed E-state index contributed by atoms with van der Waals surface area (Å²) in [7, 11) is 1.32. The summed E-state index contributed by atoms with van der Waals surface area (Å²) in [5.74, 6) is -0.930. The molecule has 1 amide bonds. The quantitative estimate of drug-likeness (QED) is 0.722. The van der Waals surface area contributed by atoms with E-state index in [9.17, 15) is 18.8 Å². The van der Waals surface area contributed by atoms with Gasteiger partial charge in [-0.15, -0.1) is 0 Å². The van der Waals surface area contributed by atoms with Gasteiger partial charge in [0.1, 0.15) is 11.5 Å². The number of H-pyrrole nitrogens is 1. The zero-order valence-corrected chi connectivity index (χ0v) is 15.0. The van der Waals surface area contributed by atoms with E-state index in [1.165, 1.54) is 19.2 Å². The van der Waals surface area contributed by atoms with Crippen molar-refractivity contribution in [1.29, 1.82) is 0 Å². The Morgan fingerprint density at radius 1 is 1.22 bits per heavy atom. The van der Waals surface area contributed by atoms with Gasteiger partial charge in [-0.1, -0.05) is 12.1 Å². The first-order valence-electron chi connectivity index (χ1n) is 8.16. The number of aryl methyl sites for hydroxylation is 1. The maximum absolute atomic E-state index is 13.0. The smallest absolute Gasteiger partial charge is 0.318 e. The second kappa shape index (κ2) is 7.02. The number of benzene rings is 1. The van der Waals surface area contributed by atoms with Gasteiger partial charge in [0.05, 0.1) is 23.6 Å². The molecule has 0 saturated heterocycles. The molecule has 0 spiro atoms. The molecule has 0 aliphatic heterocycles. The third kappa shape index (κ3) is 3.71. The normalized spacial score (nSPS) is 10.8. The van der Waals surface area contributed by atoms with Gasteiger partial charge < -0.3 is 10.3 Å². The molecule has 9 heteroatoms. The van der Waals surface area contributed by atoms with Gasteiger partial charge >= 0.3 is 5.69 Å². The summed E-state index contributed by atoms with van der Waals surface area (Å²) in [6.45, 7) is 3.92. The van der Waals surface area contributed by atoms with Gasteiger partial charge in [-0.2, -0.15) is 5.10 Å². The Balaban J connectivity index is 1.86. The van der Waals surface area contributed by atoms with Gasteiger partial charge in [-0.05, 0) is 31.5 Å². The molecule has 0 fully saturated rings. The van der Waals surface area contributed by atoms with Gasteiger partial charge in [0.25, 0.3) is 11.5 Å². The van der Waals surface area contributed by atoms with Crippen LogP contribution in [0.2, 0.25) is 0 Å². The number of halogens is 1. The highest BCUT2D eigenvalue weighted by Gasteiger charge is 2.17. The van der Waals surface area contributed by atoms with Crippen LogP contribution in [0.5, 0.6) is 0 Å². The van der Waals surface area contributed by atoms with Gasteiger partial charge in [0.15, 0.2) is 0 Å². The zero-order valence-electron chi connectivity index (χ0n) is 15.0. The standard InChI is InChI=1S/C18H18FN5O3/c1-10-16(21-17(26)14-8-15(25)23(3)18(27)20-14)11(2)24(22-10)9-12-4-6-13(19)7-5-12/h4-8H,9H2,1-3H3,(H,20,27)(H,21,26). The number of hydrogen-bond acceptors (Lipinski definition) is 4. The van der Waals surface area contributed by atoms with Crippen molar-refractivity contribution >= 4 is 11.6 Å². The second-order valence-electron chi connectivity index (χ2n) is 6.17. The van der Waals surface area contributed by atoms with Crippen LogP contribution in [0.4, 0.5) is 10.1 Å². The highest BCUT2D eigenvalue weighted by molar-refractivity contribution is 6.03. The minimum atomic E-state index is -0.673. The van der Waals surface area contributed by atoms with E-state index in [0.29, 0.717) is 23.6 Å². The number of amides is 1. The van der Waals surface area contributed by atoms with Gasteiger partial charge in [-0.3, -0.25) is 18.8 Å². The second-order valence-corrected chi connectivity index (χ2v) is 6.17. The lowest BCUT2D eigenvalue weighted by Gasteiger charge is -2.08. The summed E-state index contributed by atoms with van der Waals surface area (Å²) in [6, 6.07) is 7.12. The number of nitrogens with one attached hydrogen (secondary N) is 2. The molecule has 0 aliphatic rings. The van der Waals surface area contributed by atoms with Gasteiger partial charge in [0, 0.05) is 13.1 Å². The third-order valence-corrected chi connectivity index (χ3v) is 4.25. The van der Waals surface area contributed by atoms with Gasteiger partial charge in [-0.25, -0.2) is 9.18 Å². The monoisotopic (exact) mass is 371 g/mol. The highest BCUT2D eigenvalue weighted by atomic mass is 19.1. The zero-order chi connectivity index (χ0) is 19.7. The fourth-order valence-corrected chi connectivity index (χ4v) is 2.65. The Kier molecular flexibility index (Phi) is 4.76. The number of rotatable bonds is 4. The fraction of sp³-hybridized carbons (Fsp3) is 0.222. The van der Waals surface area contributed by atoms with Crippen LogP contribution >= 0.6 is 0 Å². The Morgan fingerprint density at radius 3 is 2.52 bits per heavy atom. The lowest BCUT2D eigenvalue weighted by molar-refractivity contribution is 0.102. The number of anilines is 1. The van der Waals surface area contributed by atoms with Crippen LogP contribution in [0.3, 0.4) is 0 Å². The number of carbonyl (C=O) groups excluding carboxylic acids is 1. The summed E-state index contributed by atoms with van der Waals surface area (Å²) >= 11 is 0. The van der Waals surface area contributed by atoms with Crippen LogP contribution in [-0.2, 0) is 13.6 Å². The van der Waals surface area contributed by atoms with E-state index in [0.717, 1.165) is 16.2 Å². The summed E-state index contributed by atoms with van der Waals surface area (Å²) in [6.07, 6.45) is 0. The Morgan fingerprint density at radius 2 is 1.89 bits per heavy atom. The molecule has 0 radical (unpaired) electrons. The molecule has 140 valence electrons. The molecule has 8 nitrogen and oxygen atoms in total. The predicted molar refractivity (Wildman–Crippen MR) is 97.5 cm³/mol. The lowest BCUT2D eigenvalue weighted by atomic mass is 10.2. The van der Waals surface area contributed by atoms with Crippen molar-refractivity contribution < 1.29 is 9.18 Å².